The number of amides is 1. The van der Waals surface area contributed by atoms with Crippen molar-refractivity contribution in [3.63, 3.8) is 0 Å². The van der Waals surface area contributed by atoms with Gasteiger partial charge in [-0.05, 0) is 42.8 Å². The maximum absolute atomic E-state index is 13.2. The van der Waals surface area contributed by atoms with Gasteiger partial charge in [-0.3, -0.25) is 4.79 Å². The molecule has 2 rings (SSSR count). The molecule has 1 aliphatic carbocycles. The third-order valence-electron chi connectivity index (χ3n) is 3.47. The molecule has 1 aromatic rings. The van der Waals surface area contributed by atoms with Gasteiger partial charge in [0.2, 0.25) is 5.91 Å². The monoisotopic (exact) mass is 378 g/mol. The lowest BCUT2D eigenvalue weighted by Gasteiger charge is -2.27. The van der Waals surface area contributed by atoms with Crippen LogP contribution < -0.4 is 10.2 Å². The zero-order valence-electron chi connectivity index (χ0n) is 13.1. The fraction of sp³-hybridized carbons (Fsp3) is 0.278. The number of nitrogens with one attached hydrogen (secondary N) is 1. The maximum Gasteiger partial charge on any atom is 0.216 e. The normalized spacial score (nSPS) is 13.9. The minimum atomic E-state index is -0.246. The van der Waals surface area contributed by atoms with Crippen molar-refractivity contribution in [3.8, 4) is 0 Å². The third-order valence-corrected chi connectivity index (χ3v) is 4.06. The molecule has 23 heavy (non-hydrogen) atoms. The minimum Gasteiger partial charge on any atom is -0.356 e. The van der Waals surface area contributed by atoms with Gasteiger partial charge in [0, 0.05) is 42.3 Å². The number of nitrogens with zero attached hydrogens (tertiary/aromatic N) is 1. The lowest BCUT2D eigenvalue weighted by molar-refractivity contribution is -0.118. The maximum atomic E-state index is 13.2. The summed E-state index contributed by atoms with van der Waals surface area (Å²) in [5.74, 6) is -0.272. The van der Waals surface area contributed by atoms with E-state index in [1.807, 2.05) is 12.2 Å². The summed E-state index contributed by atoms with van der Waals surface area (Å²) in [7, 11) is 0. The summed E-state index contributed by atoms with van der Waals surface area (Å²) in [5.41, 5.74) is 2.07. The summed E-state index contributed by atoms with van der Waals surface area (Å²) in [6.45, 7) is 2.88. The molecule has 0 saturated carbocycles. The first kappa shape index (κ1) is 17.5. The highest BCUT2D eigenvalue weighted by atomic mass is 79.9. The predicted molar refractivity (Wildman–Crippen MR) is 95.9 cm³/mol. The van der Waals surface area contributed by atoms with Crippen LogP contribution in [-0.2, 0) is 4.79 Å². The SMILES string of the molecule is CC(=O)NCCCN(C1=CC=CC(Br)=CC1)c1ccc(F)cc1. The quantitative estimate of drug-likeness (QED) is 0.749. The molecule has 0 aromatic heterocycles. The smallest absolute Gasteiger partial charge is 0.216 e. The van der Waals surface area contributed by atoms with Crippen molar-refractivity contribution >= 4 is 27.5 Å². The van der Waals surface area contributed by atoms with Gasteiger partial charge in [-0.1, -0.05) is 28.1 Å². The summed E-state index contributed by atoms with van der Waals surface area (Å²) in [6.07, 6.45) is 9.74. The molecule has 0 atom stereocenters. The number of halogens is 2. The molecule has 0 heterocycles. The van der Waals surface area contributed by atoms with Gasteiger partial charge < -0.3 is 10.2 Å². The van der Waals surface area contributed by atoms with E-state index in [0.29, 0.717) is 6.54 Å². The molecule has 1 aromatic carbocycles. The Kier molecular flexibility index (Phi) is 6.59. The molecule has 3 nitrogen and oxygen atoms in total. The second-order valence-electron chi connectivity index (χ2n) is 5.27. The van der Waals surface area contributed by atoms with Gasteiger partial charge in [0.15, 0.2) is 0 Å². The fourth-order valence-electron chi connectivity index (χ4n) is 2.35. The van der Waals surface area contributed by atoms with Crippen molar-refractivity contribution < 1.29 is 9.18 Å². The number of allylic oxidation sites excluding steroid dienone is 5. The number of benzene rings is 1. The predicted octanol–water partition coefficient (Wildman–Crippen LogP) is 4.28. The molecule has 0 bridgehead atoms. The average Bonchev–Trinajstić information content (AvgIpc) is 2.73. The van der Waals surface area contributed by atoms with E-state index >= 15 is 0 Å². The Labute approximate surface area is 144 Å². The van der Waals surface area contributed by atoms with Crippen LogP contribution in [0.1, 0.15) is 19.8 Å². The van der Waals surface area contributed by atoms with Crippen LogP contribution >= 0.6 is 15.9 Å². The highest BCUT2D eigenvalue weighted by Crippen LogP contribution is 2.25. The second-order valence-corrected chi connectivity index (χ2v) is 6.19. The number of carbonyl (C=O) groups excluding carboxylic acids is 1. The van der Waals surface area contributed by atoms with E-state index < -0.39 is 0 Å². The van der Waals surface area contributed by atoms with Crippen LogP contribution in [0, 0.1) is 5.82 Å². The van der Waals surface area contributed by atoms with Crippen LogP contribution in [0.4, 0.5) is 10.1 Å². The van der Waals surface area contributed by atoms with Crippen LogP contribution in [0.2, 0.25) is 0 Å². The van der Waals surface area contributed by atoms with E-state index in [0.717, 1.165) is 35.3 Å². The number of anilines is 1. The first-order valence-corrected chi connectivity index (χ1v) is 8.36. The van der Waals surface area contributed by atoms with Crippen molar-refractivity contribution in [2.24, 2.45) is 0 Å². The molecule has 0 spiro atoms. The van der Waals surface area contributed by atoms with E-state index in [-0.39, 0.29) is 11.7 Å². The Morgan fingerprint density at radius 3 is 2.78 bits per heavy atom. The van der Waals surface area contributed by atoms with Gasteiger partial charge in [-0.25, -0.2) is 4.39 Å². The fourth-order valence-corrected chi connectivity index (χ4v) is 2.67. The van der Waals surface area contributed by atoms with Crippen molar-refractivity contribution in [3.05, 3.63) is 64.6 Å². The van der Waals surface area contributed by atoms with E-state index in [1.54, 1.807) is 12.1 Å². The van der Waals surface area contributed by atoms with Crippen LogP contribution in [0.5, 0.6) is 0 Å². The first-order chi connectivity index (χ1) is 11.1. The molecule has 1 amide bonds. The van der Waals surface area contributed by atoms with E-state index in [2.05, 4.69) is 38.3 Å². The molecule has 0 radical (unpaired) electrons. The Morgan fingerprint density at radius 2 is 2.09 bits per heavy atom. The highest BCUT2D eigenvalue weighted by Gasteiger charge is 2.12. The standard InChI is InChI=1S/C18H20BrFN2O/c1-14(23)21-12-3-13-22(18-10-7-16(20)8-11-18)17-5-2-4-15(19)6-9-17/h2,4-8,10-11H,3,9,12-13H2,1H3,(H,21,23). The summed E-state index contributed by atoms with van der Waals surface area (Å²) in [5, 5.41) is 2.81. The number of hydrogen-bond acceptors (Lipinski definition) is 2. The van der Waals surface area contributed by atoms with E-state index in [1.165, 1.54) is 19.1 Å². The largest absolute Gasteiger partial charge is 0.356 e. The van der Waals surface area contributed by atoms with Gasteiger partial charge in [-0.15, -0.1) is 0 Å². The summed E-state index contributed by atoms with van der Waals surface area (Å²) >= 11 is 3.49. The molecule has 0 saturated heterocycles. The Hall–Kier alpha value is -1.88. The van der Waals surface area contributed by atoms with Gasteiger partial charge in [0.05, 0.1) is 0 Å². The zero-order valence-corrected chi connectivity index (χ0v) is 14.6. The molecule has 0 aliphatic heterocycles. The number of rotatable bonds is 6. The van der Waals surface area contributed by atoms with Gasteiger partial charge in [0.1, 0.15) is 5.82 Å². The van der Waals surface area contributed by atoms with Crippen LogP contribution in [0.3, 0.4) is 0 Å². The van der Waals surface area contributed by atoms with E-state index in [4.69, 9.17) is 0 Å². The zero-order chi connectivity index (χ0) is 16.7. The lowest BCUT2D eigenvalue weighted by Crippen LogP contribution is -2.28. The molecule has 0 unspecified atom stereocenters. The van der Waals surface area contributed by atoms with Crippen molar-refractivity contribution in [2.45, 2.75) is 19.8 Å². The average molecular weight is 379 g/mol. The van der Waals surface area contributed by atoms with Gasteiger partial charge in [0.25, 0.3) is 0 Å². The molecular formula is C18H20BrFN2O. The molecule has 122 valence electrons. The Balaban J connectivity index is 2.14. The number of hydrogen-bond donors (Lipinski definition) is 1. The van der Waals surface area contributed by atoms with Crippen molar-refractivity contribution in [1.29, 1.82) is 0 Å². The van der Waals surface area contributed by atoms with Crippen LogP contribution in [-0.4, -0.2) is 19.0 Å². The number of carbonyl (C=O) groups is 1. The molecular weight excluding hydrogens is 359 g/mol. The van der Waals surface area contributed by atoms with Crippen LogP contribution in [0.25, 0.3) is 0 Å². The molecule has 5 heteroatoms. The summed E-state index contributed by atoms with van der Waals surface area (Å²) in [6, 6.07) is 6.49. The van der Waals surface area contributed by atoms with Crippen molar-refractivity contribution in [2.75, 3.05) is 18.0 Å². The summed E-state index contributed by atoms with van der Waals surface area (Å²) in [4.78, 5) is 13.1. The minimum absolute atomic E-state index is 0.0261. The third kappa shape index (κ3) is 5.67. The van der Waals surface area contributed by atoms with Crippen LogP contribution in [0.15, 0.2) is 58.7 Å². The second kappa shape index (κ2) is 8.67. The van der Waals surface area contributed by atoms with Gasteiger partial charge in [-0.2, -0.15) is 0 Å². The van der Waals surface area contributed by atoms with E-state index in [9.17, 15) is 9.18 Å². The Bertz CT molecular complexity index is 632. The highest BCUT2D eigenvalue weighted by molar-refractivity contribution is 9.11. The van der Waals surface area contributed by atoms with Gasteiger partial charge >= 0.3 is 0 Å². The molecule has 0 fully saturated rings. The first-order valence-electron chi connectivity index (χ1n) is 7.56. The molecule has 1 N–H and O–H groups in total. The molecule has 1 aliphatic rings. The van der Waals surface area contributed by atoms with Crippen molar-refractivity contribution in [1.82, 2.24) is 5.32 Å². The lowest BCUT2D eigenvalue weighted by atomic mass is 10.2. The summed E-state index contributed by atoms with van der Waals surface area (Å²) < 4.78 is 14.2. The topological polar surface area (TPSA) is 32.3 Å². The Morgan fingerprint density at radius 1 is 1.35 bits per heavy atom.